The third-order valence-electron chi connectivity index (χ3n) is 3.67. The Labute approximate surface area is 171 Å². The molecule has 0 saturated heterocycles. The van der Waals surface area contributed by atoms with Crippen LogP contribution >= 0.6 is 23.2 Å². The second kappa shape index (κ2) is 8.35. The van der Waals surface area contributed by atoms with Crippen LogP contribution in [0.1, 0.15) is 11.4 Å². The van der Waals surface area contributed by atoms with Gasteiger partial charge in [-0.25, -0.2) is 4.68 Å². The van der Waals surface area contributed by atoms with Crippen LogP contribution in [0.15, 0.2) is 63.9 Å². The fourth-order valence-electron chi connectivity index (χ4n) is 2.42. The summed E-state index contributed by atoms with van der Waals surface area (Å²) in [5.41, 5.74) is -0.326. The standard InChI is InChI=1S/C18H11Cl2F3N4S/c19-12-1-5-14(6-2-12)27-15(9-17(26-27)18(21,22)23)10-28(25-11-24)16-7-3-13(20)4-8-16/h1-9H,10H2. The Bertz CT molecular complexity index is 1050. The van der Waals surface area contributed by atoms with E-state index in [1.807, 2.05) is 0 Å². The number of hydrogen-bond acceptors (Lipinski definition) is 3. The Morgan fingerprint density at radius 2 is 1.61 bits per heavy atom. The molecule has 0 saturated carbocycles. The zero-order valence-electron chi connectivity index (χ0n) is 14.0. The van der Waals surface area contributed by atoms with Gasteiger partial charge in [0.2, 0.25) is 6.19 Å². The first-order chi connectivity index (χ1) is 13.3. The molecule has 0 amide bonds. The summed E-state index contributed by atoms with van der Waals surface area (Å²) in [5.74, 6) is 0.0703. The fraction of sp³-hybridized carbons (Fsp3) is 0.111. The van der Waals surface area contributed by atoms with Crippen molar-refractivity contribution in [2.75, 3.05) is 0 Å². The van der Waals surface area contributed by atoms with Gasteiger partial charge in [0, 0.05) is 14.9 Å². The lowest BCUT2D eigenvalue weighted by Crippen LogP contribution is -2.08. The highest BCUT2D eigenvalue weighted by atomic mass is 35.5. The Balaban J connectivity index is 2.07. The van der Waals surface area contributed by atoms with E-state index in [1.165, 1.54) is 4.68 Å². The zero-order chi connectivity index (χ0) is 20.3. The molecule has 144 valence electrons. The zero-order valence-corrected chi connectivity index (χ0v) is 16.3. The summed E-state index contributed by atoms with van der Waals surface area (Å²) in [5, 5.41) is 13.7. The van der Waals surface area contributed by atoms with Gasteiger partial charge in [-0.1, -0.05) is 23.2 Å². The lowest BCUT2D eigenvalue weighted by atomic mass is 10.3. The van der Waals surface area contributed by atoms with Gasteiger partial charge in [0.15, 0.2) is 5.69 Å². The minimum absolute atomic E-state index is 0.0703. The van der Waals surface area contributed by atoms with Crippen LogP contribution in [0.25, 0.3) is 5.69 Å². The van der Waals surface area contributed by atoms with Crippen LogP contribution in [0.4, 0.5) is 13.2 Å². The highest BCUT2D eigenvalue weighted by Gasteiger charge is 2.35. The van der Waals surface area contributed by atoms with Gasteiger partial charge in [0.05, 0.1) is 17.1 Å². The number of halogens is 5. The Hall–Kier alpha value is -2.34. The summed E-state index contributed by atoms with van der Waals surface area (Å²) < 4.78 is 44.8. The van der Waals surface area contributed by atoms with Crippen molar-refractivity contribution in [1.29, 1.82) is 5.26 Å². The first kappa shape index (κ1) is 20.4. The van der Waals surface area contributed by atoms with Gasteiger partial charge >= 0.3 is 6.18 Å². The van der Waals surface area contributed by atoms with Gasteiger partial charge in [-0.15, -0.1) is 4.36 Å². The number of rotatable bonds is 4. The van der Waals surface area contributed by atoms with E-state index in [4.69, 9.17) is 28.5 Å². The molecule has 0 spiro atoms. The van der Waals surface area contributed by atoms with Crippen LogP contribution in [0.5, 0.6) is 0 Å². The predicted octanol–water partition coefficient (Wildman–Crippen LogP) is 6.04. The van der Waals surface area contributed by atoms with E-state index in [0.717, 1.165) is 6.07 Å². The molecular weight excluding hydrogens is 432 g/mol. The van der Waals surface area contributed by atoms with Gasteiger partial charge in [-0.3, -0.25) is 0 Å². The summed E-state index contributed by atoms with van der Waals surface area (Å²) in [4.78, 5) is 0.684. The number of aromatic nitrogens is 2. The molecule has 28 heavy (non-hydrogen) atoms. The Morgan fingerprint density at radius 1 is 1.04 bits per heavy atom. The molecule has 1 aromatic heterocycles. The quantitative estimate of drug-likeness (QED) is 0.462. The molecule has 0 aliphatic carbocycles. The second-order valence-electron chi connectivity index (χ2n) is 5.56. The monoisotopic (exact) mass is 442 g/mol. The molecule has 1 unspecified atom stereocenters. The molecule has 1 atom stereocenters. The molecule has 2 aromatic carbocycles. The maximum Gasteiger partial charge on any atom is 0.435 e. The van der Waals surface area contributed by atoms with Gasteiger partial charge in [0.1, 0.15) is 0 Å². The van der Waals surface area contributed by atoms with Crippen molar-refractivity contribution >= 4 is 33.9 Å². The minimum atomic E-state index is -4.60. The highest BCUT2D eigenvalue weighted by molar-refractivity contribution is 7.86. The SMILES string of the molecule is N#CN=S(Cc1cc(C(F)(F)F)nn1-c1ccc(Cl)cc1)c1ccc(Cl)cc1. The first-order valence-corrected chi connectivity index (χ1v) is 9.87. The van der Waals surface area contributed by atoms with Gasteiger partial charge < -0.3 is 0 Å². The Kier molecular flexibility index (Phi) is 6.08. The average molecular weight is 443 g/mol. The van der Waals surface area contributed by atoms with Crippen LogP contribution in [0, 0.1) is 11.5 Å². The fourth-order valence-corrected chi connectivity index (χ4v) is 4.04. The molecule has 3 aromatic rings. The predicted molar refractivity (Wildman–Crippen MR) is 102 cm³/mol. The molecule has 0 radical (unpaired) electrons. The van der Waals surface area contributed by atoms with Gasteiger partial charge in [-0.05, 0) is 65.3 Å². The lowest BCUT2D eigenvalue weighted by Gasteiger charge is -2.10. The molecule has 10 heteroatoms. The molecule has 3 rings (SSSR count). The third-order valence-corrected chi connectivity index (χ3v) is 5.86. The van der Waals surface area contributed by atoms with Crippen LogP contribution in [-0.4, -0.2) is 9.78 Å². The summed E-state index contributed by atoms with van der Waals surface area (Å²) >= 11 is 11.7. The third kappa shape index (κ3) is 4.73. The molecule has 0 N–H and O–H groups in total. The van der Waals surface area contributed by atoms with Gasteiger partial charge in [0.25, 0.3) is 0 Å². The smallest absolute Gasteiger partial charge is 0.236 e. The van der Waals surface area contributed by atoms with E-state index >= 15 is 0 Å². The van der Waals surface area contributed by atoms with Gasteiger partial charge in [-0.2, -0.15) is 23.5 Å². The molecular formula is C18H11Cl2F3N4S. The summed E-state index contributed by atoms with van der Waals surface area (Å²) in [7, 11) is -0.998. The lowest BCUT2D eigenvalue weighted by molar-refractivity contribution is -0.141. The van der Waals surface area contributed by atoms with Crippen molar-refractivity contribution in [3.8, 4) is 11.9 Å². The number of alkyl halides is 3. The minimum Gasteiger partial charge on any atom is -0.236 e. The number of nitrogens with zero attached hydrogens (tertiary/aromatic N) is 4. The molecule has 0 fully saturated rings. The average Bonchev–Trinajstić information content (AvgIpc) is 3.07. The summed E-state index contributed by atoms with van der Waals surface area (Å²) in [6, 6.07) is 13.9. The highest BCUT2D eigenvalue weighted by Crippen LogP contribution is 2.31. The van der Waals surface area contributed by atoms with Crippen molar-refractivity contribution in [3.05, 3.63) is 76.0 Å². The van der Waals surface area contributed by atoms with Crippen molar-refractivity contribution in [3.63, 3.8) is 0 Å². The van der Waals surface area contributed by atoms with Crippen molar-refractivity contribution in [1.82, 2.24) is 9.78 Å². The summed E-state index contributed by atoms with van der Waals surface area (Å²) in [6.07, 6.45) is -2.86. The van der Waals surface area contributed by atoms with Crippen molar-refractivity contribution < 1.29 is 13.2 Å². The van der Waals surface area contributed by atoms with Crippen LogP contribution in [0.2, 0.25) is 10.0 Å². The maximum absolute atomic E-state index is 13.2. The van der Waals surface area contributed by atoms with E-state index in [9.17, 15) is 13.2 Å². The Morgan fingerprint density at radius 3 is 2.14 bits per heavy atom. The molecule has 0 aliphatic heterocycles. The number of nitriles is 1. The normalized spacial score (nSPS) is 12.7. The van der Waals surface area contributed by atoms with E-state index in [0.29, 0.717) is 20.6 Å². The topological polar surface area (TPSA) is 54.0 Å². The molecule has 1 heterocycles. The van der Waals surface area contributed by atoms with Crippen molar-refractivity contribution in [2.24, 2.45) is 4.36 Å². The molecule has 4 nitrogen and oxygen atoms in total. The van der Waals surface area contributed by atoms with E-state index in [1.54, 1.807) is 54.7 Å². The number of hydrogen-bond donors (Lipinski definition) is 0. The van der Waals surface area contributed by atoms with E-state index in [2.05, 4.69) is 9.46 Å². The summed E-state index contributed by atoms with van der Waals surface area (Å²) in [6.45, 7) is 0. The first-order valence-electron chi connectivity index (χ1n) is 7.76. The van der Waals surface area contributed by atoms with Crippen LogP contribution in [0.3, 0.4) is 0 Å². The largest absolute Gasteiger partial charge is 0.435 e. The molecule has 0 aliphatic rings. The van der Waals surface area contributed by atoms with Crippen LogP contribution in [-0.2, 0) is 22.6 Å². The van der Waals surface area contributed by atoms with Crippen LogP contribution < -0.4 is 0 Å². The van der Waals surface area contributed by atoms with Crippen molar-refractivity contribution in [2.45, 2.75) is 16.8 Å². The maximum atomic E-state index is 13.2. The molecule has 0 bridgehead atoms. The second-order valence-corrected chi connectivity index (χ2v) is 8.11. The number of benzene rings is 2. The van der Waals surface area contributed by atoms with E-state index < -0.39 is 22.6 Å². The van der Waals surface area contributed by atoms with E-state index in [-0.39, 0.29) is 11.4 Å².